The van der Waals surface area contributed by atoms with E-state index in [1.54, 1.807) is 9.80 Å². The Hall–Kier alpha value is -3.29. The van der Waals surface area contributed by atoms with Crippen molar-refractivity contribution in [3.05, 3.63) is 53.0 Å². The van der Waals surface area contributed by atoms with E-state index in [0.29, 0.717) is 44.1 Å². The van der Waals surface area contributed by atoms with Crippen molar-refractivity contribution < 1.29 is 14.4 Å². The molecule has 1 aromatic heterocycles. The van der Waals surface area contributed by atoms with Crippen molar-refractivity contribution in [3.63, 3.8) is 0 Å². The molecule has 31 heavy (non-hydrogen) atoms. The first-order valence-corrected chi connectivity index (χ1v) is 10.7. The fourth-order valence-electron chi connectivity index (χ4n) is 4.22. The summed E-state index contributed by atoms with van der Waals surface area (Å²) in [5, 5.41) is 2.56. The van der Waals surface area contributed by atoms with Crippen LogP contribution in [0.1, 0.15) is 48.3 Å². The first-order chi connectivity index (χ1) is 14.9. The van der Waals surface area contributed by atoms with E-state index in [1.165, 1.54) is 6.92 Å². The third kappa shape index (κ3) is 4.57. The van der Waals surface area contributed by atoms with E-state index in [-0.39, 0.29) is 30.2 Å². The number of hydrogen-bond acceptors (Lipinski definition) is 5. The zero-order chi connectivity index (χ0) is 22.0. The molecule has 1 aromatic carbocycles. The van der Waals surface area contributed by atoms with Crippen LogP contribution in [0.5, 0.6) is 0 Å². The average Bonchev–Trinajstić information content (AvgIpc) is 3.25. The zero-order valence-corrected chi connectivity index (χ0v) is 17.9. The number of carbonyl (C=O) groups is 3. The van der Waals surface area contributed by atoms with Gasteiger partial charge >= 0.3 is 0 Å². The molecule has 3 heterocycles. The van der Waals surface area contributed by atoms with Crippen molar-refractivity contribution in [2.75, 3.05) is 24.5 Å². The van der Waals surface area contributed by atoms with Gasteiger partial charge in [0.2, 0.25) is 17.7 Å². The first kappa shape index (κ1) is 21.0. The second kappa shape index (κ2) is 8.83. The van der Waals surface area contributed by atoms with Crippen LogP contribution in [0.2, 0.25) is 0 Å². The van der Waals surface area contributed by atoms with E-state index < -0.39 is 0 Å². The van der Waals surface area contributed by atoms with E-state index >= 15 is 0 Å². The number of aryl methyl sites for hydroxylation is 1. The van der Waals surface area contributed by atoms with Gasteiger partial charge < -0.3 is 10.2 Å². The Bertz CT molecular complexity index is 1010. The maximum absolute atomic E-state index is 12.8. The maximum atomic E-state index is 12.8. The number of aromatic nitrogens is 2. The Morgan fingerprint density at radius 1 is 1.16 bits per heavy atom. The number of carbonyl (C=O) groups excluding carboxylic acids is 3. The number of nitrogens with zero attached hydrogens (tertiary/aromatic N) is 4. The maximum Gasteiger partial charge on any atom is 0.241 e. The lowest BCUT2D eigenvalue weighted by Crippen LogP contribution is -2.38. The van der Waals surface area contributed by atoms with Crippen molar-refractivity contribution in [2.24, 2.45) is 0 Å². The van der Waals surface area contributed by atoms with Gasteiger partial charge in [0, 0.05) is 43.6 Å². The average molecular weight is 422 g/mol. The van der Waals surface area contributed by atoms with Crippen LogP contribution < -0.4 is 10.2 Å². The second-order valence-electron chi connectivity index (χ2n) is 8.17. The summed E-state index contributed by atoms with van der Waals surface area (Å²) in [4.78, 5) is 49.3. The number of hydrogen-bond donors (Lipinski definition) is 1. The molecule has 0 saturated carbocycles. The van der Waals surface area contributed by atoms with Gasteiger partial charge in [-0.25, -0.2) is 9.97 Å². The summed E-state index contributed by atoms with van der Waals surface area (Å²) in [5.74, 6) is 1.14. The normalized spacial score (nSPS) is 18.1. The molecule has 0 bridgehead atoms. The molecule has 1 saturated heterocycles. The van der Waals surface area contributed by atoms with Crippen LogP contribution in [-0.4, -0.2) is 52.2 Å². The second-order valence-corrected chi connectivity index (χ2v) is 8.17. The van der Waals surface area contributed by atoms with Crippen LogP contribution in [-0.2, 0) is 27.3 Å². The van der Waals surface area contributed by atoms with E-state index in [4.69, 9.17) is 9.97 Å². The van der Waals surface area contributed by atoms with E-state index in [2.05, 4.69) is 5.32 Å². The molecule has 1 N–H and O–H groups in total. The zero-order valence-electron chi connectivity index (χ0n) is 17.9. The molecule has 1 unspecified atom stereocenters. The smallest absolute Gasteiger partial charge is 0.241 e. The van der Waals surface area contributed by atoms with Gasteiger partial charge in [0.1, 0.15) is 11.6 Å². The molecule has 2 aliphatic rings. The van der Waals surface area contributed by atoms with Gasteiger partial charge in [-0.2, -0.15) is 0 Å². The molecule has 0 spiro atoms. The Balaban J connectivity index is 1.56. The van der Waals surface area contributed by atoms with Crippen LogP contribution >= 0.6 is 0 Å². The highest BCUT2D eigenvalue weighted by Gasteiger charge is 2.33. The number of anilines is 1. The van der Waals surface area contributed by atoms with Crippen LogP contribution in [0.25, 0.3) is 0 Å². The van der Waals surface area contributed by atoms with Crippen molar-refractivity contribution >= 4 is 23.5 Å². The number of benzene rings is 1. The SMILES string of the molecule is CC(=O)NCC(=O)N1CCC(c2nc(C)c3c(n2)N(Cc2ccccc2)C(=O)CC3)C1. The van der Waals surface area contributed by atoms with Gasteiger partial charge in [-0.15, -0.1) is 0 Å². The largest absolute Gasteiger partial charge is 0.347 e. The summed E-state index contributed by atoms with van der Waals surface area (Å²) < 4.78 is 0. The molecule has 8 heteroatoms. The lowest BCUT2D eigenvalue weighted by Gasteiger charge is -2.30. The number of likely N-dealkylation sites (tertiary alicyclic amines) is 1. The van der Waals surface area contributed by atoms with Crippen molar-refractivity contribution in [1.82, 2.24) is 20.2 Å². The summed E-state index contributed by atoms with van der Waals surface area (Å²) in [7, 11) is 0. The van der Waals surface area contributed by atoms with Gasteiger partial charge in [0.25, 0.3) is 0 Å². The van der Waals surface area contributed by atoms with Gasteiger partial charge in [0.15, 0.2) is 0 Å². The van der Waals surface area contributed by atoms with Crippen LogP contribution in [0.15, 0.2) is 30.3 Å². The molecular formula is C23H27N5O3. The molecule has 2 aromatic rings. The molecule has 1 fully saturated rings. The standard InChI is InChI=1S/C23H27N5O3/c1-15-19-8-9-20(30)28(13-17-6-4-3-5-7-17)23(19)26-22(25-15)18-10-11-27(14-18)21(31)12-24-16(2)29/h3-7,18H,8-14H2,1-2H3,(H,24,29). The predicted octanol–water partition coefficient (Wildman–Crippen LogP) is 1.72. The fraction of sp³-hybridized carbons (Fsp3) is 0.435. The minimum absolute atomic E-state index is 0.00544. The van der Waals surface area contributed by atoms with Gasteiger partial charge in [-0.05, 0) is 25.3 Å². The summed E-state index contributed by atoms with van der Waals surface area (Å²) >= 11 is 0. The summed E-state index contributed by atoms with van der Waals surface area (Å²) in [6.45, 7) is 4.97. The van der Waals surface area contributed by atoms with Crippen molar-refractivity contribution in [2.45, 2.75) is 45.6 Å². The third-order valence-electron chi connectivity index (χ3n) is 5.93. The van der Waals surface area contributed by atoms with Crippen LogP contribution in [0.3, 0.4) is 0 Å². The quantitative estimate of drug-likeness (QED) is 0.793. The highest BCUT2D eigenvalue weighted by molar-refractivity contribution is 5.95. The minimum Gasteiger partial charge on any atom is -0.347 e. The van der Waals surface area contributed by atoms with Crippen LogP contribution in [0, 0.1) is 6.92 Å². The number of nitrogens with one attached hydrogen (secondary N) is 1. The highest BCUT2D eigenvalue weighted by Crippen LogP contribution is 2.33. The highest BCUT2D eigenvalue weighted by atomic mass is 16.2. The van der Waals surface area contributed by atoms with Gasteiger partial charge in [-0.1, -0.05) is 30.3 Å². The molecule has 4 rings (SSSR count). The van der Waals surface area contributed by atoms with E-state index in [9.17, 15) is 14.4 Å². The summed E-state index contributed by atoms with van der Waals surface area (Å²) in [6.07, 6.45) is 1.87. The molecule has 2 aliphatic heterocycles. The monoisotopic (exact) mass is 421 g/mol. The lowest BCUT2D eigenvalue weighted by atomic mass is 10.0. The topological polar surface area (TPSA) is 95.5 Å². The lowest BCUT2D eigenvalue weighted by molar-refractivity contribution is -0.131. The molecule has 162 valence electrons. The number of rotatable bonds is 5. The van der Waals surface area contributed by atoms with Crippen LogP contribution in [0.4, 0.5) is 5.82 Å². The number of amides is 3. The molecule has 3 amide bonds. The fourth-order valence-corrected chi connectivity index (χ4v) is 4.22. The summed E-state index contributed by atoms with van der Waals surface area (Å²) in [5.41, 5.74) is 2.97. The Kier molecular flexibility index (Phi) is 5.97. The molecule has 0 radical (unpaired) electrons. The Labute approximate surface area is 181 Å². The third-order valence-corrected chi connectivity index (χ3v) is 5.93. The van der Waals surface area contributed by atoms with Gasteiger partial charge in [-0.3, -0.25) is 19.3 Å². The summed E-state index contributed by atoms with van der Waals surface area (Å²) in [6, 6.07) is 9.90. The predicted molar refractivity (Wildman–Crippen MR) is 115 cm³/mol. The molecule has 1 atom stereocenters. The molecule has 0 aliphatic carbocycles. The number of fused-ring (bicyclic) bond motifs is 1. The minimum atomic E-state index is -0.221. The Morgan fingerprint density at radius 3 is 2.68 bits per heavy atom. The van der Waals surface area contributed by atoms with E-state index in [1.807, 2.05) is 37.3 Å². The van der Waals surface area contributed by atoms with Gasteiger partial charge in [0.05, 0.1) is 13.1 Å². The van der Waals surface area contributed by atoms with E-state index in [0.717, 1.165) is 23.2 Å². The Morgan fingerprint density at radius 2 is 1.94 bits per heavy atom. The van der Waals surface area contributed by atoms with Crippen molar-refractivity contribution in [1.29, 1.82) is 0 Å². The first-order valence-electron chi connectivity index (χ1n) is 10.7. The molecule has 8 nitrogen and oxygen atoms in total. The molecular weight excluding hydrogens is 394 g/mol. The van der Waals surface area contributed by atoms with Crippen molar-refractivity contribution in [3.8, 4) is 0 Å².